The number of amides is 1. The first-order chi connectivity index (χ1) is 12.8. The van der Waals surface area contributed by atoms with Crippen molar-refractivity contribution in [3.63, 3.8) is 0 Å². The lowest BCUT2D eigenvalue weighted by atomic mass is 10.1. The molecule has 144 valence electrons. The van der Waals surface area contributed by atoms with Crippen LogP contribution in [0.3, 0.4) is 0 Å². The molecule has 0 radical (unpaired) electrons. The van der Waals surface area contributed by atoms with Gasteiger partial charge in [-0.05, 0) is 38.4 Å². The molecule has 6 heteroatoms. The number of nitrogens with one attached hydrogen (secondary N) is 3. The molecule has 1 saturated heterocycles. The molecular weight excluding hydrogens is 326 g/mol. The van der Waals surface area contributed by atoms with Gasteiger partial charge in [0.1, 0.15) is 0 Å². The molecule has 2 rings (SSSR count). The number of carbonyl (C=O) groups excluding carboxylic acids is 1. The fourth-order valence-corrected chi connectivity index (χ4v) is 3.01. The number of benzene rings is 1. The van der Waals surface area contributed by atoms with Crippen LogP contribution in [0.2, 0.25) is 0 Å². The van der Waals surface area contributed by atoms with Crippen LogP contribution in [0.25, 0.3) is 0 Å². The Morgan fingerprint density at radius 1 is 1.08 bits per heavy atom. The Bertz CT molecular complexity index is 540. The van der Waals surface area contributed by atoms with Crippen molar-refractivity contribution in [2.24, 2.45) is 4.99 Å². The highest BCUT2D eigenvalue weighted by atomic mass is 16.1. The Hall–Kier alpha value is -2.08. The first-order valence-electron chi connectivity index (χ1n) is 9.83. The number of guanidine groups is 1. The van der Waals surface area contributed by atoms with Crippen LogP contribution in [0.5, 0.6) is 0 Å². The SMILES string of the molecule is CCNC(=NCCN1CCCCC1)NCCC(=O)NCc1ccccc1. The Morgan fingerprint density at radius 2 is 1.85 bits per heavy atom. The third-order valence-electron chi connectivity index (χ3n) is 4.46. The summed E-state index contributed by atoms with van der Waals surface area (Å²) < 4.78 is 0. The number of carbonyl (C=O) groups is 1. The fraction of sp³-hybridized carbons (Fsp3) is 0.600. The third kappa shape index (κ3) is 8.34. The van der Waals surface area contributed by atoms with Gasteiger partial charge in [-0.1, -0.05) is 36.8 Å². The molecule has 0 spiro atoms. The van der Waals surface area contributed by atoms with Crippen molar-refractivity contribution in [1.82, 2.24) is 20.9 Å². The minimum Gasteiger partial charge on any atom is -0.357 e. The molecule has 6 nitrogen and oxygen atoms in total. The van der Waals surface area contributed by atoms with Gasteiger partial charge in [-0.2, -0.15) is 0 Å². The second-order valence-electron chi connectivity index (χ2n) is 6.60. The van der Waals surface area contributed by atoms with Crippen LogP contribution < -0.4 is 16.0 Å². The molecule has 0 aromatic heterocycles. The average Bonchev–Trinajstić information content (AvgIpc) is 2.68. The average molecular weight is 360 g/mol. The second-order valence-corrected chi connectivity index (χ2v) is 6.60. The lowest BCUT2D eigenvalue weighted by Gasteiger charge is -2.25. The van der Waals surface area contributed by atoms with Gasteiger partial charge in [0.05, 0.1) is 6.54 Å². The van der Waals surface area contributed by atoms with Gasteiger partial charge in [0.15, 0.2) is 5.96 Å². The van der Waals surface area contributed by atoms with Crippen molar-refractivity contribution in [2.75, 3.05) is 39.3 Å². The van der Waals surface area contributed by atoms with Crippen molar-refractivity contribution in [1.29, 1.82) is 0 Å². The smallest absolute Gasteiger partial charge is 0.222 e. The summed E-state index contributed by atoms with van der Waals surface area (Å²) in [4.78, 5) is 19.1. The summed E-state index contributed by atoms with van der Waals surface area (Å²) in [5.74, 6) is 0.839. The molecule has 3 N–H and O–H groups in total. The summed E-state index contributed by atoms with van der Waals surface area (Å²) in [5.41, 5.74) is 1.11. The van der Waals surface area contributed by atoms with E-state index >= 15 is 0 Å². The van der Waals surface area contributed by atoms with Gasteiger partial charge in [0.25, 0.3) is 0 Å². The molecule has 1 fully saturated rings. The van der Waals surface area contributed by atoms with E-state index in [1.54, 1.807) is 0 Å². The van der Waals surface area contributed by atoms with E-state index in [4.69, 9.17) is 0 Å². The van der Waals surface area contributed by atoms with E-state index in [9.17, 15) is 4.79 Å². The van der Waals surface area contributed by atoms with Crippen molar-refractivity contribution < 1.29 is 4.79 Å². The molecule has 0 saturated carbocycles. The van der Waals surface area contributed by atoms with Crippen molar-refractivity contribution in [3.05, 3.63) is 35.9 Å². The van der Waals surface area contributed by atoms with Crippen LogP contribution in [-0.4, -0.2) is 56.0 Å². The molecule has 0 bridgehead atoms. The molecule has 0 unspecified atom stereocenters. The zero-order valence-electron chi connectivity index (χ0n) is 16.0. The Labute approximate surface area is 157 Å². The molecule has 1 aromatic rings. The first kappa shape index (κ1) is 20.2. The predicted octanol–water partition coefficient (Wildman–Crippen LogP) is 1.73. The van der Waals surface area contributed by atoms with E-state index in [-0.39, 0.29) is 5.91 Å². The fourth-order valence-electron chi connectivity index (χ4n) is 3.01. The lowest BCUT2D eigenvalue weighted by Crippen LogP contribution is -2.40. The highest BCUT2D eigenvalue weighted by molar-refractivity contribution is 5.81. The third-order valence-corrected chi connectivity index (χ3v) is 4.46. The quantitative estimate of drug-likeness (QED) is 0.464. The molecule has 1 aliphatic rings. The van der Waals surface area contributed by atoms with Crippen LogP contribution in [-0.2, 0) is 11.3 Å². The molecule has 0 aliphatic carbocycles. The number of hydrogen-bond donors (Lipinski definition) is 3. The van der Waals surface area contributed by atoms with Gasteiger partial charge in [-0.15, -0.1) is 0 Å². The lowest BCUT2D eigenvalue weighted by molar-refractivity contribution is -0.121. The topological polar surface area (TPSA) is 68.8 Å². The van der Waals surface area contributed by atoms with Crippen LogP contribution in [0.4, 0.5) is 0 Å². The summed E-state index contributed by atoms with van der Waals surface area (Å²) in [6.45, 7) is 8.20. The van der Waals surface area contributed by atoms with Gasteiger partial charge >= 0.3 is 0 Å². The molecule has 1 amide bonds. The Morgan fingerprint density at radius 3 is 2.58 bits per heavy atom. The maximum Gasteiger partial charge on any atom is 0.222 e. The van der Waals surface area contributed by atoms with E-state index in [2.05, 4.69) is 32.8 Å². The van der Waals surface area contributed by atoms with Gasteiger partial charge in [0, 0.05) is 32.6 Å². The highest BCUT2D eigenvalue weighted by Gasteiger charge is 2.09. The first-order valence-corrected chi connectivity index (χ1v) is 9.83. The molecule has 0 atom stereocenters. The van der Waals surface area contributed by atoms with Crippen molar-refractivity contribution in [2.45, 2.75) is 39.2 Å². The van der Waals surface area contributed by atoms with E-state index < -0.39 is 0 Å². The number of rotatable bonds is 9. The number of piperidine rings is 1. The van der Waals surface area contributed by atoms with E-state index in [0.717, 1.165) is 31.2 Å². The highest BCUT2D eigenvalue weighted by Crippen LogP contribution is 2.07. The monoisotopic (exact) mass is 359 g/mol. The standard InChI is InChI=1S/C20H33N5O/c1-2-21-20(23-13-16-25-14-7-4-8-15-25)22-12-11-19(26)24-17-18-9-5-3-6-10-18/h3,5-6,9-10H,2,4,7-8,11-17H2,1H3,(H,24,26)(H2,21,22,23). The van der Waals surface area contributed by atoms with Crippen LogP contribution in [0.1, 0.15) is 38.2 Å². The minimum absolute atomic E-state index is 0.0468. The van der Waals surface area contributed by atoms with E-state index in [0.29, 0.717) is 19.5 Å². The van der Waals surface area contributed by atoms with Crippen LogP contribution >= 0.6 is 0 Å². The molecule has 1 heterocycles. The number of hydrogen-bond acceptors (Lipinski definition) is 3. The largest absolute Gasteiger partial charge is 0.357 e. The molecule has 26 heavy (non-hydrogen) atoms. The zero-order chi connectivity index (χ0) is 18.5. The van der Waals surface area contributed by atoms with Crippen molar-refractivity contribution in [3.8, 4) is 0 Å². The molecular formula is C20H33N5O. The van der Waals surface area contributed by atoms with Crippen LogP contribution in [0, 0.1) is 0 Å². The van der Waals surface area contributed by atoms with Gasteiger partial charge < -0.3 is 20.9 Å². The number of nitrogens with zero attached hydrogens (tertiary/aromatic N) is 2. The Balaban J connectivity index is 1.63. The maximum atomic E-state index is 12.0. The molecule has 1 aliphatic heterocycles. The normalized spacial score (nSPS) is 15.5. The van der Waals surface area contributed by atoms with Crippen molar-refractivity contribution >= 4 is 11.9 Å². The second kappa shape index (κ2) is 12.3. The van der Waals surface area contributed by atoms with E-state index in [1.165, 1.54) is 32.4 Å². The van der Waals surface area contributed by atoms with Gasteiger partial charge in [-0.25, -0.2) is 0 Å². The van der Waals surface area contributed by atoms with Gasteiger partial charge in [0.2, 0.25) is 5.91 Å². The van der Waals surface area contributed by atoms with Crippen LogP contribution in [0.15, 0.2) is 35.3 Å². The zero-order valence-corrected chi connectivity index (χ0v) is 16.0. The predicted molar refractivity (Wildman–Crippen MR) is 107 cm³/mol. The minimum atomic E-state index is 0.0468. The summed E-state index contributed by atoms with van der Waals surface area (Å²) >= 11 is 0. The summed E-state index contributed by atoms with van der Waals surface area (Å²) in [6, 6.07) is 9.95. The maximum absolute atomic E-state index is 12.0. The summed E-state index contributed by atoms with van der Waals surface area (Å²) in [7, 11) is 0. The molecule has 1 aromatic carbocycles. The number of likely N-dealkylation sites (tertiary alicyclic amines) is 1. The Kier molecular flexibility index (Phi) is 9.57. The number of aliphatic imine (C=N–C) groups is 1. The summed E-state index contributed by atoms with van der Waals surface area (Å²) in [5, 5.41) is 9.43. The van der Waals surface area contributed by atoms with E-state index in [1.807, 2.05) is 30.3 Å². The van der Waals surface area contributed by atoms with Gasteiger partial charge in [-0.3, -0.25) is 9.79 Å². The summed E-state index contributed by atoms with van der Waals surface area (Å²) in [6.07, 6.45) is 4.40.